The number of amides is 1. The van der Waals surface area contributed by atoms with Gasteiger partial charge in [0, 0.05) is 5.54 Å². The van der Waals surface area contributed by atoms with Crippen molar-refractivity contribution in [1.82, 2.24) is 5.32 Å². The quantitative estimate of drug-likeness (QED) is 0.495. The van der Waals surface area contributed by atoms with Crippen molar-refractivity contribution < 1.29 is 9.53 Å². The van der Waals surface area contributed by atoms with Crippen molar-refractivity contribution in [2.24, 2.45) is 0 Å². The average molecular weight is 300 g/mol. The van der Waals surface area contributed by atoms with Crippen molar-refractivity contribution in [2.45, 2.75) is 46.1 Å². The molecule has 0 radical (unpaired) electrons. The minimum Gasteiger partial charge on any atom is -0.494 e. The van der Waals surface area contributed by atoms with Gasteiger partial charge in [0.05, 0.1) is 6.61 Å². The fraction of sp³-hybridized carbons (Fsp3) is 0.444. The smallest absolute Gasteiger partial charge is 0.262 e. The molecule has 118 valence electrons. The molecule has 4 nitrogen and oxygen atoms in total. The van der Waals surface area contributed by atoms with Gasteiger partial charge < -0.3 is 10.1 Å². The van der Waals surface area contributed by atoms with Crippen LogP contribution in [-0.4, -0.2) is 18.1 Å². The molecule has 1 amide bonds. The Balaban J connectivity index is 2.77. The van der Waals surface area contributed by atoms with Crippen LogP contribution in [0.4, 0.5) is 0 Å². The van der Waals surface area contributed by atoms with E-state index >= 15 is 0 Å². The van der Waals surface area contributed by atoms with Crippen molar-refractivity contribution in [2.75, 3.05) is 6.61 Å². The highest BCUT2D eigenvalue weighted by Gasteiger charge is 2.17. The third-order valence-electron chi connectivity index (χ3n) is 2.81. The third-order valence-corrected chi connectivity index (χ3v) is 2.81. The lowest BCUT2D eigenvalue weighted by Gasteiger charge is -2.20. The van der Waals surface area contributed by atoms with E-state index in [1.54, 1.807) is 6.08 Å². The van der Waals surface area contributed by atoms with Crippen LogP contribution in [0.2, 0.25) is 0 Å². The molecule has 0 aromatic heterocycles. The fourth-order valence-electron chi connectivity index (χ4n) is 1.72. The molecular weight excluding hydrogens is 276 g/mol. The van der Waals surface area contributed by atoms with Gasteiger partial charge in [-0.1, -0.05) is 25.5 Å². The van der Waals surface area contributed by atoms with Gasteiger partial charge in [0.2, 0.25) is 0 Å². The van der Waals surface area contributed by atoms with E-state index in [4.69, 9.17) is 10.00 Å². The highest BCUT2D eigenvalue weighted by Crippen LogP contribution is 2.15. The second-order valence-electron chi connectivity index (χ2n) is 6.14. The first-order valence-corrected chi connectivity index (χ1v) is 7.53. The van der Waals surface area contributed by atoms with Gasteiger partial charge in [0.25, 0.3) is 5.91 Å². The van der Waals surface area contributed by atoms with Crippen LogP contribution in [0.5, 0.6) is 5.75 Å². The molecule has 0 atom stereocenters. The standard InChI is InChI=1S/C18H24N2O2/c1-5-6-11-22-16-9-7-14(8-10-16)12-15(13-19)17(21)20-18(2,3)4/h7-10,12H,5-6,11H2,1-4H3,(H,20,21)/b15-12+. The molecule has 4 heteroatoms. The normalized spacial score (nSPS) is 11.7. The molecule has 1 rings (SSSR count). The Morgan fingerprint density at radius 1 is 1.32 bits per heavy atom. The zero-order chi connectivity index (χ0) is 16.6. The predicted molar refractivity (Wildman–Crippen MR) is 88.3 cm³/mol. The summed E-state index contributed by atoms with van der Waals surface area (Å²) in [4.78, 5) is 12.0. The third kappa shape index (κ3) is 6.45. The van der Waals surface area contributed by atoms with Crippen LogP contribution in [0.1, 0.15) is 46.1 Å². The molecule has 0 aliphatic rings. The number of rotatable bonds is 6. The van der Waals surface area contributed by atoms with Crippen LogP contribution >= 0.6 is 0 Å². The molecule has 22 heavy (non-hydrogen) atoms. The lowest BCUT2D eigenvalue weighted by molar-refractivity contribution is -0.118. The molecule has 0 spiro atoms. The second-order valence-corrected chi connectivity index (χ2v) is 6.14. The number of hydrogen-bond donors (Lipinski definition) is 1. The number of carbonyl (C=O) groups excluding carboxylic acids is 1. The fourth-order valence-corrected chi connectivity index (χ4v) is 1.72. The van der Waals surface area contributed by atoms with E-state index in [9.17, 15) is 4.79 Å². The molecule has 0 unspecified atom stereocenters. The zero-order valence-electron chi connectivity index (χ0n) is 13.8. The van der Waals surface area contributed by atoms with Gasteiger partial charge >= 0.3 is 0 Å². The summed E-state index contributed by atoms with van der Waals surface area (Å²) in [6, 6.07) is 9.31. The molecule has 1 N–H and O–H groups in total. The Morgan fingerprint density at radius 3 is 2.45 bits per heavy atom. The van der Waals surface area contributed by atoms with E-state index in [1.165, 1.54) is 0 Å². The number of nitrogens with one attached hydrogen (secondary N) is 1. The first-order valence-electron chi connectivity index (χ1n) is 7.53. The molecule has 0 saturated carbocycles. The second kappa shape index (κ2) is 8.23. The maximum Gasteiger partial charge on any atom is 0.262 e. The minimum atomic E-state index is -0.371. The van der Waals surface area contributed by atoms with Crippen LogP contribution < -0.4 is 10.1 Å². The van der Waals surface area contributed by atoms with Gasteiger partial charge in [0.1, 0.15) is 17.4 Å². The Bertz CT molecular complexity index is 560. The van der Waals surface area contributed by atoms with Gasteiger partial charge in [-0.25, -0.2) is 0 Å². The maximum atomic E-state index is 12.0. The van der Waals surface area contributed by atoms with E-state index in [0.717, 1.165) is 24.2 Å². The summed E-state index contributed by atoms with van der Waals surface area (Å²) >= 11 is 0. The molecule has 1 aromatic rings. The summed E-state index contributed by atoms with van der Waals surface area (Å²) in [5.41, 5.74) is 0.516. The molecular formula is C18H24N2O2. The Labute approximate surface area is 132 Å². The number of carbonyl (C=O) groups is 1. The molecule has 0 heterocycles. The molecule has 0 fully saturated rings. The molecule has 1 aromatic carbocycles. The molecule has 0 aliphatic carbocycles. The SMILES string of the molecule is CCCCOc1ccc(/C=C(\C#N)C(=O)NC(C)(C)C)cc1. The molecule has 0 aliphatic heterocycles. The van der Waals surface area contributed by atoms with Crippen molar-refractivity contribution in [3.05, 3.63) is 35.4 Å². The number of benzene rings is 1. The Kier molecular flexibility index (Phi) is 6.65. The summed E-state index contributed by atoms with van der Waals surface area (Å²) in [5.74, 6) is 0.432. The van der Waals surface area contributed by atoms with Crippen molar-refractivity contribution in [1.29, 1.82) is 5.26 Å². The summed E-state index contributed by atoms with van der Waals surface area (Å²) in [7, 11) is 0. The van der Waals surface area contributed by atoms with E-state index in [-0.39, 0.29) is 17.0 Å². The van der Waals surface area contributed by atoms with Crippen LogP contribution in [0.3, 0.4) is 0 Å². The van der Waals surface area contributed by atoms with Gasteiger partial charge in [-0.3, -0.25) is 4.79 Å². The predicted octanol–water partition coefficient (Wildman–Crippen LogP) is 3.69. The van der Waals surface area contributed by atoms with Gasteiger partial charge in [-0.2, -0.15) is 5.26 Å². The van der Waals surface area contributed by atoms with E-state index in [1.807, 2.05) is 51.1 Å². The van der Waals surface area contributed by atoms with Gasteiger partial charge in [-0.15, -0.1) is 0 Å². The van der Waals surface area contributed by atoms with Crippen molar-refractivity contribution in [3.63, 3.8) is 0 Å². The van der Waals surface area contributed by atoms with Crippen molar-refractivity contribution >= 4 is 12.0 Å². The average Bonchev–Trinajstić information content (AvgIpc) is 2.44. The lowest BCUT2D eigenvalue weighted by Crippen LogP contribution is -2.41. The highest BCUT2D eigenvalue weighted by molar-refractivity contribution is 6.02. The topological polar surface area (TPSA) is 62.1 Å². The first kappa shape index (κ1) is 17.8. The number of nitriles is 1. The number of nitrogens with zero attached hydrogens (tertiary/aromatic N) is 1. The minimum absolute atomic E-state index is 0.0922. The van der Waals surface area contributed by atoms with Crippen molar-refractivity contribution in [3.8, 4) is 11.8 Å². The van der Waals surface area contributed by atoms with Crippen LogP contribution in [0, 0.1) is 11.3 Å². The number of unbranched alkanes of at least 4 members (excludes halogenated alkanes) is 1. The van der Waals surface area contributed by atoms with Gasteiger partial charge in [0.15, 0.2) is 0 Å². The monoisotopic (exact) mass is 300 g/mol. The molecule has 0 saturated heterocycles. The number of hydrogen-bond acceptors (Lipinski definition) is 3. The Morgan fingerprint density at radius 2 is 1.95 bits per heavy atom. The van der Waals surface area contributed by atoms with E-state index < -0.39 is 0 Å². The van der Waals surface area contributed by atoms with E-state index in [2.05, 4.69) is 12.2 Å². The highest BCUT2D eigenvalue weighted by atomic mass is 16.5. The molecule has 0 bridgehead atoms. The number of ether oxygens (including phenoxy) is 1. The summed E-state index contributed by atoms with van der Waals surface area (Å²) in [6.07, 6.45) is 3.69. The largest absolute Gasteiger partial charge is 0.494 e. The van der Waals surface area contributed by atoms with Crippen LogP contribution in [-0.2, 0) is 4.79 Å². The van der Waals surface area contributed by atoms with Crippen LogP contribution in [0.25, 0.3) is 6.08 Å². The maximum absolute atomic E-state index is 12.0. The summed E-state index contributed by atoms with van der Waals surface area (Å²) in [5, 5.41) is 11.9. The van der Waals surface area contributed by atoms with Crippen LogP contribution in [0.15, 0.2) is 29.8 Å². The summed E-state index contributed by atoms with van der Waals surface area (Å²) < 4.78 is 5.58. The van der Waals surface area contributed by atoms with Gasteiger partial charge in [-0.05, 0) is 51.0 Å². The summed E-state index contributed by atoms with van der Waals surface area (Å²) in [6.45, 7) is 8.44. The first-order chi connectivity index (χ1) is 10.4. The van der Waals surface area contributed by atoms with E-state index in [0.29, 0.717) is 6.61 Å². The zero-order valence-corrected chi connectivity index (χ0v) is 13.8. The Hall–Kier alpha value is -2.28. The lowest BCUT2D eigenvalue weighted by atomic mass is 10.1.